The molecule has 0 aliphatic carbocycles. The Kier molecular flexibility index (Phi) is 3.63. The van der Waals surface area contributed by atoms with Gasteiger partial charge in [0.25, 0.3) is 0 Å². The van der Waals surface area contributed by atoms with E-state index in [1.54, 1.807) is 0 Å². The van der Waals surface area contributed by atoms with Gasteiger partial charge in [0, 0.05) is 16.6 Å². The standard InChI is InChI=1S/C15H19BrN2O/c1-9(10-2-4-11(16)5-3-10)17-15(19)13-8-12-6-7-14(13)18-12/h2-5,9,12-14,18H,6-8H2,1H3,(H,17,19)/t9-,12?,13?,14?/m1/s1. The highest BCUT2D eigenvalue weighted by atomic mass is 79.9. The molecular weight excluding hydrogens is 304 g/mol. The van der Waals surface area contributed by atoms with Crippen LogP contribution >= 0.6 is 15.9 Å². The van der Waals surface area contributed by atoms with Crippen molar-refractivity contribution in [2.24, 2.45) is 5.92 Å². The second-order valence-corrected chi connectivity index (χ2v) is 6.59. The summed E-state index contributed by atoms with van der Waals surface area (Å²) in [5, 5.41) is 6.66. The number of hydrogen-bond donors (Lipinski definition) is 2. The molecule has 0 aromatic heterocycles. The lowest BCUT2D eigenvalue weighted by Gasteiger charge is -2.22. The Morgan fingerprint density at radius 3 is 2.68 bits per heavy atom. The minimum absolute atomic E-state index is 0.0692. The van der Waals surface area contributed by atoms with Crippen LogP contribution in [0.5, 0.6) is 0 Å². The molecule has 4 atom stereocenters. The zero-order chi connectivity index (χ0) is 13.4. The molecule has 19 heavy (non-hydrogen) atoms. The molecule has 2 N–H and O–H groups in total. The third-order valence-corrected chi connectivity index (χ3v) is 4.89. The normalized spacial score (nSPS) is 30.3. The van der Waals surface area contributed by atoms with Gasteiger partial charge in [0.1, 0.15) is 0 Å². The van der Waals surface area contributed by atoms with Gasteiger partial charge in [-0.2, -0.15) is 0 Å². The lowest BCUT2D eigenvalue weighted by atomic mass is 9.88. The van der Waals surface area contributed by atoms with Crippen molar-refractivity contribution in [3.63, 3.8) is 0 Å². The van der Waals surface area contributed by atoms with Crippen molar-refractivity contribution >= 4 is 21.8 Å². The summed E-state index contributed by atoms with van der Waals surface area (Å²) in [4.78, 5) is 12.3. The quantitative estimate of drug-likeness (QED) is 0.898. The van der Waals surface area contributed by atoms with Crippen LogP contribution < -0.4 is 10.6 Å². The first-order valence-corrected chi connectivity index (χ1v) is 7.74. The molecule has 2 bridgehead atoms. The Hall–Kier alpha value is -0.870. The summed E-state index contributed by atoms with van der Waals surface area (Å²) in [5.74, 6) is 0.367. The molecule has 2 aliphatic rings. The molecule has 102 valence electrons. The zero-order valence-corrected chi connectivity index (χ0v) is 12.6. The van der Waals surface area contributed by atoms with Crippen molar-refractivity contribution in [3.8, 4) is 0 Å². The maximum atomic E-state index is 12.3. The molecule has 2 saturated heterocycles. The van der Waals surface area contributed by atoms with E-state index in [1.807, 2.05) is 31.2 Å². The van der Waals surface area contributed by atoms with E-state index in [-0.39, 0.29) is 17.9 Å². The summed E-state index contributed by atoms with van der Waals surface area (Å²) in [7, 11) is 0. The minimum atomic E-state index is 0.0692. The fourth-order valence-electron chi connectivity index (χ4n) is 3.27. The first-order chi connectivity index (χ1) is 9.13. The van der Waals surface area contributed by atoms with Crippen LogP contribution in [0.15, 0.2) is 28.7 Å². The van der Waals surface area contributed by atoms with Gasteiger partial charge in [0.2, 0.25) is 5.91 Å². The van der Waals surface area contributed by atoms with Crippen molar-refractivity contribution in [1.82, 2.24) is 10.6 Å². The summed E-state index contributed by atoms with van der Waals surface area (Å²) >= 11 is 3.43. The third kappa shape index (κ3) is 2.70. The Labute approximate surface area is 122 Å². The van der Waals surface area contributed by atoms with Gasteiger partial charge in [-0.1, -0.05) is 28.1 Å². The van der Waals surface area contributed by atoms with Gasteiger partial charge in [-0.05, 0) is 43.9 Å². The third-order valence-electron chi connectivity index (χ3n) is 4.37. The average Bonchev–Trinajstić information content (AvgIpc) is 3.01. The summed E-state index contributed by atoms with van der Waals surface area (Å²) in [6.07, 6.45) is 3.38. The van der Waals surface area contributed by atoms with Crippen LogP contribution in [-0.2, 0) is 4.79 Å². The van der Waals surface area contributed by atoms with Gasteiger partial charge in [0.15, 0.2) is 0 Å². The lowest BCUT2D eigenvalue weighted by Crippen LogP contribution is -2.38. The smallest absolute Gasteiger partial charge is 0.225 e. The fourth-order valence-corrected chi connectivity index (χ4v) is 3.53. The molecule has 1 amide bonds. The molecule has 2 fully saturated rings. The molecule has 3 nitrogen and oxygen atoms in total. The topological polar surface area (TPSA) is 41.1 Å². The van der Waals surface area contributed by atoms with Gasteiger partial charge in [-0.15, -0.1) is 0 Å². The maximum absolute atomic E-state index is 12.3. The van der Waals surface area contributed by atoms with Crippen molar-refractivity contribution in [2.45, 2.75) is 44.3 Å². The number of halogens is 1. The predicted octanol–water partition coefficient (Wildman–Crippen LogP) is 2.77. The number of amides is 1. The molecule has 3 rings (SSSR count). The average molecular weight is 323 g/mol. The molecular formula is C15H19BrN2O. The Morgan fingerprint density at radius 2 is 2.11 bits per heavy atom. The van der Waals surface area contributed by atoms with Crippen molar-refractivity contribution in [1.29, 1.82) is 0 Å². The van der Waals surface area contributed by atoms with Gasteiger partial charge in [0.05, 0.1) is 12.0 Å². The van der Waals surface area contributed by atoms with E-state index in [0.29, 0.717) is 12.1 Å². The highest BCUT2D eigenvalue weighted by Gasteiger charge is 2.42. The van der Waals surface area contributed by atoms with Crippen LogP contribution in [0.25, 0.3) is 0 Å². The van der Waals surface area contributed by atoms with Gasteiger partial charge in [-0.25, -0.2) is 0 Å². The largest absolute Gasteiger partial charge is 0.349 e. The van der Waals surface area contributed by atoms with E-state index in [2.05, 4.69) is 26.6 Å². The van der Waals surface area contributed by atoms with Crippen molar-refractivity contribution < 1.29 is 4.79 Å². The lowest BCUT2D eigenvalue weighted by molar-refractivity contribution is -0.126. The molecule has 0 saturated carbocycles. The number of hydrogen-bond acceptors (Lipinski definition) is 2. The number of nitrogens with one attached hydrogen (secondary N) is 2. The van der Waals surface area contributed by atoms with E-state index < -0.39 is 0 Å². The molecule has 0 radical (unpaired) electrons. The Bertz CT molecular complexity index is 474. The van der Waals surface area contributed by atoms with E-state index in [9.17, 15) is 4.79 Å². The van der Waals surface area contributed by atoms with Gasteiger partial charge in [-0.3, -0.25) is 4.79 Å². The minimum Gasteiger partial charge on any atom is -0.349 e. The second-order valence-electron chi connectivity index (χ2n) is 5.67. The van der Waals surface area contributed by atoms with E-state index >= 15 is 0 Å². The number of carbonyl (C=O) groups is 1. The second kappa shape index (κ2) is 5.25. The number of rotatable bonds is 3. The predicted molar refractivity (Wildman–Crippen MR) is 78.8 cm³/mol. The highest BCUT2D eigenvalue weighted by Crippen LogP contribution is 2.33. The summed E-state index contributed by atoms with van der Waals surface area (Å²) in [6.45, 7) is 2.04. The number of fused-ring (bicyclic) bond motifs is 2. The number of benzene rings is 1. The first kappa shape index (κ1) is 13.1. The van der Waals surface area contributed by atoms with Crippen LogP contribution in [0.2, 0.25) is 0 Å². The highest BCUT2D eigenvalue weighted by molar-refractivity contribution is 9.10. The SMILES string of the molecule is C[C@@H](NC(=O)C1CC2CCC1N2)c1ccc(Br)cc1. The zero-order valence-electron chi connectivity index (χ0n) is 11.0. The van der Waals surface area contributed by atoms with Gasteiger partial charge < -0.3 is 10.6 Å². The molecule has 3 unspecified atom stereocenters. The summed E-state index contributed by atoms with van der Waals surface area (Å²) < 4.78 is 1.06. The van der Waals surface area contributed by atoms with E-state index in [4.69, 9.17) is 0 Å². The van der Waals surface area contributed by atoms with Crippen LogP contribution in [0, 0.1) is 5.92 Å². The monoisotopic (exact) mass is 322 g/mol. The first-order valence-electron chi connectivity index (χ1n) is 6.95. The number of carbonyl (C=O) groups excluding carboxylic acids is 1. The van der Waals surface area contributed by atoms with Crippen LogP contribution in [0.3, 0.4) is 0 Å². The molecule has 0 spiro atoms. The van der Waals surface area contributed by atoms with Gasteiger partial charge >= 0.3 is 0 Å². The summed E-state index contributed by atoms with van der Waals surface area (Å²) in [6, 6.07) is 9.17. The molecule has 4 heteroatoms. The van der Waals surface area contributed by atoms with Crippen LogP contribution in [0.1, 0.15) is 37.8 Å². The Balaban J connectivity index is 1.61. The van der Waals surface area contributed by atoms with Crippen LogP contribution in [-0.4, -0.2) is 18.0 Å². The fraction of sp³-hybridized carbons (Fsp3) is 0.533. The summed E-state index contributed by atoms with van der Waals surface area (Å²) in [5.41, 5.74) is 1.15. The molecule has 2 heterocycles. The molecule has 2 aliphatic heterocycles. The van der Waals surface area contributed by atoms with E-state index in [1.165, 1.54) is 6.42 Å². The molecule has 1 aromatic carbocycles. The van der Waals surface area contributed by atoms with Crippen molar-refractivity contribution in [3.05, 3.63) is 34.3 Å². The molecule has 1 aromatic rings. The van der Waals surface area contributed by atoms with E-state index in [0.717, 1.165) is 22.9 Å². The van der Waals surface area contributed by atoms with Crippen molar-refractivity contribution in [2.75, 3.05) is 0 Å². The Morgan fingerprint density at radius 1 is 1.37 bits per heavy atom. The maximum Gasteiger partial charge on any atom is 0.225 e. The van der Waals surface area contributed by atoms with Crippen LogP contribution in [0.4, 0.5) is 0 Å².